The summed E-state index contributed by atoms with van der Waals surface area (Å²) in [5.41, 5.74) is -2.00. The Kier molecular flexibility index (Phi) is 5.75. The predicted molar refractivity (Wildman–Crippen MR) is 74.4 cm³/mol. The summed E-state index contributed by atoms with van der Waals surface area (Å²) < 4.78 is 28.1. The molecule has 21 heavy (non-hydrogen) atoms. The molecule has 0 aromatic carbocycles. The second-order valence-electron chi connectivity index (χ2n) is 5.36. The molecule has 122 valence electrons. The molecule has 1 aliphatic rings. The van der Waals surface area contributed by atoms with Gasteiger partial charge in [-0.1, -0.05) is 6.92 Å². The molecule has 0 saturated carbocycles. The van der Waals surface area contributed by atoms with Crippen LogP contribution in [0, 0.1) is 11.3 Å². The van der Waals surface area contributed by atoms with Crippen molar-refractivity contribution in [3.8, 4) is 0 Å². The molecule has 1 heterocycles. The van der Waals surface area contributed by atoms with Gasteiger partial charge in [-0.25, -0.2) is 8.42 Å². The van der Waals surface area contributed by atoms with Gasteiger partial charge in [0.05, 0.1) is 24.2 Å². The standard InChI is InChI=1S/C13H22O7S/c1-3-10(14)7-13(11(15)16,12(17)20-4-2)9-5-6-21(18,19)8-9/h9-10,14H,3-8H2,1-2H3,(H,15,16). The van der Waals surface area contributed by atoms with Crippen molar-refractivity contribution in [2.75, 3.05) is 18.1 Å². The monoisotopic (exact) mass is 322 g/mol. The van der Waals surface area contributed by atoms with Gasteiger partial charge in [-0.15, -0.1) is 0 Å². The number of ether oxygens (including phenoxy) is 1. The number of aliphatic carboxylic acids is 1. The van der Waals surface area contributed by atoms with Gasteiger partial charge in [-0.3, -0.25) is 9.59 Å². The lowest BCUT2D eigenvalue weighted by molar-refractivity contribution is -0.175. The summed E-state index contributed by atoms with van der Waals surface area (Å²) in [4.78, 5) is 24.0. The minimum Gasteiger partial charge on any atom is -0.480 e. The summed E-state index contributed by atoms with van der Waals surface area (Å²) in [6.07, 6.45) is -0.982. The summed E-state index contributed by atoms with van der Waals surface area (Å²) in [6, 6.07) is 0. The number of sulfone groups is 1. The zero-order chi connectivity index (χ0) is 16.3. The first-order chi connectivity index (χ1) is 9.69. The van der Waals surface area contributed by atoms with Crippen molar-refractivity contribution < 1.29 is 33.0 Å². The predicted octanol–water partition coefficient (Wildman–Crippen LogP) is 0.216. The smallest absolute Gasteiger partial charge is 0.323 e. The van der Waals surface area contributed by atoms with Crippen LogP contribution >= 0.6 is 0 Å². The van der Waals surface area contributed by atoms with Crippen LogP contribution in [0.25, 0.3) is 0 Å². The highest BCUT2D eigenvalue weighted by molar-refractivity contribution is 7.91. The van der Waals surface area contributed by atoms with Crippen LogP contribution < -0.4 is 0 Å². The summed E-state index contributed by atoms with van der Waals surface area (Å²) in [7, 11) is -3.36. The molecule has 3 unspecified atom stereocenters. The van der Waals surface area contributed by atoms with Crippen molar-refractivity contribution in [3.05, 3.63) is 0 Å². The molecule has 0 aromatic rings. The fraction of sp³-hybridized carbons (Fsp3) is 0.846. The lowest BCUT2D eigenvalue weighted by Crippen LogP contribution is -2.49. The van der Waals surface area contributed by atoms with Crippen LogP contribution in [0.1, 0.15) is 33.1 Å². The Bertz CT molecular complexity index is 499. The molecule has 1 fully saturated rings. The van der Waals surface area contributed by atoms with Gasteiger partial charge in [0.2, 0.25) is 0 Å². The Balaban J connectivity index is 3.24. The molecule has 0 radical (unpaired) electrons. The molecular formula is C13H22O7S. The Morgan fingerprint density at radius 2 is 2.00 bits per heavy atom. The third-order valence-electron chi connectivity index (χ3n) is 3.98. The van der Waals surface area contributed by atoms with Gasteiger partial charge in [0, 0.05) is 12.3 Å². The molecule has 0 aliphatic carbocycles. The maximum atomic E-state index is 12.2. The highest BCUT2D eigenvalue weighted by Crippen LogP contribution is 2.42. The Hall–Kier alpha value is -1.15. The largest absolute Gasteiger partial charge is 0.480 e. The minimum absolute atomic E-state index is 0.00441. The fourth-order valence-corrected chi connectivity index (χ4v) is 4.60. The first-order valence-corrected chi connectivity index (χ1v) is 8.80. The van der Waals surface area contributed by atoms with Gasteiger partial charge in [-0.2, -0.15) is 0 Å². The van der Waals surface area contributed by atoms with Crippen molar-refractivity contribution >= 4 is 21.8 Å². The number of carboxylic acid groups (broad SMARTS) is 1. The molecule has 7 nitrogen and oxygen atoms in total. The van der Waals surface area contributed by atoms with Gasteiger partial charge in [-0.05, 0) is 19.8 Å². The second-order valence-corrected chi connectivity index (χ2v) is 7.59. The molecule has 0 aromatic heterocycles. The molecule has 1 aliphatic heterocycles. The topological polar surface area (TPSA) is 118 Å². The van der Waals surface area contributed by atoms with E-state index >= 15 is 0 Å². The Morgan fingerprint density at radius 1 is 1.38 bits per heavy atom. The van der Waals surface area contributed by atoms with Gasteiger partial charge in [0.15, 0.2) is 15.3 Å². The van der Waals surface area contributed by atoms with Crippen molar-refractivity contribution in [2.45, 2.75) is 39.2 Å². The zero-order valence-corrected chi connectivity index (χ0v) is 13.1. The van der Waals surface area contributed by atoms with Crippen molar-refractivity contribution in [2.24, 2.45) is 11.3 Å². The van der Waals surface area contributed by atoms with Gasteiger partial charge in [0.25, 0.3) is 0 Å². The van der Waals surface area contributed by atoms with Crippen LogP contribution in [0.2, 0.25) is 0 Å². The number of aliphatic hydroxyl groups is 1. The molecule has 2 N–H and O–H groups in total. The van der Waals surface area contributed by atoms with Crippen LogP contribution in [-0.4, -0.2) is 54.8 Å². The fourth-order valence-electron chi connectivity index (χ4n) is 2.73. The maximum Gasteiger partial charge on any atom is 0.323 e. The van der Waals surface area contributed by atoms with Gasteiger partial charge in [0.1, 0.15) is 0 Å². The van der Waals surface area contributed by atoms with Crippen molar-refractivity contribution in [3.63, 3.8) is 0 Å². The van der Waals surface area contributed by atoms with Crippen molar-refractivity contribution in [1.82, 2.24) is 0 Å². The van der Waals surface area contributed by atoms with Gasteiger partial charge < -0.3 is 14.9 Å². The summed E-state index contributed by atoms with van der Waals surface area (Å²) >= 11 is 0. The Labute approximate surface area is 124 Å². The maximum absolute atomic E-state index is 12.2. The third kappa shape index (κ3) is 3.74. The Morgan fingerprint density at radius 3 is 2.38 bits per heavy atom. The first kappa shape index (κ1) is 17.9. The van der Waals surface area contributed by atoms with E-state index in [4.69, 9.17) is 4.74 Å². The lowest BCUT2D eigenvalue weighted by Gasteiger charge is -2.33. The van der Waals surface area contributed by atoms with E-state index in [1.807, 2.05) is 0 Å². The third-order valence-corrected chi connectivity index (χ3v) is 5.75. The summed E-state index contributed by atoms with van der Waals surface area (Å²) in [5.74, 6) is -3.79. The van der Waals surface area contributed by atoms with E-state index in [1.165, 1.54) is 0 Å². The molecule has 0 spiro atoms. The summed E-state index contributed by atoms with van der Waals surface area (Å²) in [6.45, 7) is 3.20. The van der Waals surface area contributed by atoms with Gasteiger partial charge >= 0.3 is 11.9 Å². The molecule has 1 rings (SSSR count). The van der Waals surface area contributed by atoms with E-state index in [0.29, 0.717) is 0 Å². The minimum atomic E-state index is -3.36. The number of aliphatic hydroxyl groups excluding tert-OH is 1. The van der Waals surface area contributed by atoms with E-state index in [-0.39, 0.29) is 37.4 Å². The van der Waals surface area contributed by atoms with Crippen molar-refractivity contribution in [1.29, 1.82) is 0 Å². The second kappa shape index (κ2) is 6.74. The number of hydrogen-bond donors (Lipinski definition) is 2. The van der Waals surface area contributed by atoms with E-state index in [0.717, 1.165) is 0 Å². The van der Waals surface area contributed by atoms with Crippen LogP contribution in [0.3, 0.4) is 0 Å². The zero-order valence-electron chi connectivity index (χ0n) is 12.2. The van der Waals surface area contributed by atoms with E-state index in [9.17, 15) is 28.2 Å². The number of carboxylic acids is 1. The van der Waals surface area contributed by atoms with Crippen LogP contribution in [0.5, 0.6) is 0 Å². The number of hydrogen-bond acceptors (Lipinski definition) is 6. The molecule has 8 heteroatoms. The molecule has 0 amide bonds. The number of esters is 1. The molecule has 3 atom stereocenters. The number of carbonyl (C=O) groups is 2. The van der Waals surface area contributed by atoms with E-state index in [2.05, 4.69) is 0 Å². The SMILES string of the molecule is CCOC(=O)C(CC(O)CC)(C(=O)O)C1CCS(=O)(=O)C1. The first-order valence-electron chi connectivity index (χ1n) is 6.98. The molecule has 1 saturated heterocycles. The average Bonchev–Trinajstić information content (AvgIpc) is 2.75. The highest BCUT2D eigenvalue weighted by atomic mass is 32.2. The quantitative estimate of drug-likeness (QED) is 0.508. The van der Waals surface area contributed by atoms with Crippen LogP contribution in [0.15, 0.2) is 0 Å². The lowest BCUT2D eigenvalue weighted by atomic mass is 9.70. The van der Waals surface area contributed by atoms with Crippen LogP contribution in [-0.2, 0) is 24.2 Å². The average molecular weight is 322 g/mol. The molecule has 0 bridgehead atoms. The van der Waals surface area contributed by atoms with E-state index in [1.54, 1.807) is 13.8 Å². The van der Waals surface area contributed by atoms with Crippen LogP contribution in [0.4, 0.5) is 0 Å². The summed E-state index contributed by atoms with van der Waals surface area (Å²) in [5, 5.41) is 19.4. The number of carbonyl (C=O) groups excluding carboxylic acids is 1. The van der Waals surface area contributed by atoms with E-state index < -0.39 is 39.2 Å². The number of rotatable bonds is 7. The normalized spacial score (nSPS) is 25.0. The molecular weight excluding hydrogens is 300 g/mol. The highest BCUT2D eigenvalue weighted by Gasteiger charge is 2.57.